The Balaban J connectivity index is 2.35. The quantitative estimate of drug-likeness (QED) is 0.907. The van der Waals surface area contributed by atoms with Crippen molar-refractivity contribution < 1.29 is 13.2 Å². The molecule has 0 radical (unpaired) electrons. The fourth-order valence-electron chi connectivity index (χ4n) is 1.60. The molecular weight excluding hydrogens is 284 g/mol. The second-order valence-electron chi connectivity index (χ2n) is 3.96. The van der Waals surface area contributed by atoms with Crippen LogP contribution < -0.4 is 10.5 Å². The summed E-state index contributed by atoms with van der Waals surface area (Å²) in [6.45, 7) is 1.82. The molecule has 7 heteroatoms. The summed E-state index contributed by atoms with van der Waals surface area (Å²) in [5.41, 5.74) is 1.55. The SMILES string of the molecule is Cc1cscc1C(=O)Nc1ccccc1S(N)(=O)=O. The third-order valence-electron chi connectivity index (χ3n) is 2.54. The summed E-state index contributed by atoms with van der Waals surface area (Å²) >= 11 is 1.41. The first kappa shape index (κ1) is 13.7. The third-order valence-corrected chi connectivity index (χ3v) is 4.37. The number of hydrogen-bond donors (Lipinski definition) is 2. The number of nitrogens with one attached hydrogen (secondary N) is 1. The number of nitrogens with two attached hydrogens (primary N) is 1. The topological polar surface area (TPSA) is 89.3 Å². The van der Waals surface area contributed by atoms with Crippen molar-refractivity contribution in [2.45, 2.75) is 11.8 Å². The van der Waals surface area contributed by atoms with E-state index < -0.39 is 10.0 Å². The lowest BCUT2D eigenvalue weighted by Gasteiger charge is -2.09. The van der Waals surface area contributed by atoms with Crippen molar-refractivity contribution >= 4 is 33.0 Å². The van der Waals surface area contributed by atoms with Crippen LogP contribution >= 0.6 is 11.3 Å². The van der Waals surface area contributed by atoms with E-state index in [4.69, 9.17) is 5.14 Å². The summed E-state index contributed by atoms with van der Waals surface area (Å²) < 4.78 is 22.8. The maximum atomic E-state index is 12.0. The zero-order valence-electron chi connectivity index (χ0n) is 10.1. The number of sulfonamides is 1. The minimum Gasteiger partial charge on any atom is -0.321 e. The Kier molecular flexibility index (Phi) is 3.70. The normalized spacial score (nSPS) is 11.3. The van der Waals surface area contributed by atoms with Gasteiger partial charge in [0.15, 0.2) is 0 Å². The number of rotatable bonds is 3. The minimum atomic E-state index is -3.87. The van der Waals surface area contributed by atoms with Gasteiger partial charge in [0.2, 0.25) is 10.0 Å². The second kappa shape index (κ2) is 5.12. The molecule has 0 bridgehead atoms. The van der Waals surface area contributed by atoms with Crippen LogP contribution in [0.5, 0.6) is 0 Å². The molecule has 19 heavy (non-hydrogen) atoms. The smallest absolute Gasteiger partial charge is 0.256 e. The molecule has 5 nitrogen and oxygen atoms in total. The van der Waals surface area contributed by atoms with Crippen LogP contribution in [0.4, 0.5) is 5.69 Å². The number of carbonyl (C=O) groups excluding carboxylic acids is 1. The number of primary sulfonamides is 1. The van der Waals surface area contributed by atoms with Crippen molar-refractivity contribution in [1.29, 1.82) is 0 Å². The highest BCUT2D eigenvalue weighted by Crippen LogP contribution is 2.21. The molecule has 1 aromatic carbocycles. The van der Waals surface area contributed by atoms with Crippen LogP contribution in [0.3, 0.4) is 0 Å². The Morgan fingerprint density at radius 1 is 1.26 bits per heavy atom. The van der Waals surface area contributed by atoms with Crippen molar-refractivity contribution in [1.82, 2.24) is 0 Å². The third kappa shape index (κ3) is 3.01. The number of benzene rings is 1. The molecule has 2 rings (SSSR count). The molecule has 0 aliphatic carbocycles. The van der Waals surface area contributed by atoms with Crippen molar-refractivity contribution in [3.63, 3.8) is 0 Å². The van der Waals surface area contributed by atoms with Gasteiger partial charge in [0, 0.05) is 5.38 Å². The molecule has 1 amide bonds. The number of para-hydroxylation sites is 1. The molecule has 0 fully saturated rings. The lowest BCUT2D eigenvalue weighted by atomic mass is 10.2. The van der Waals surface area contributed by atoms with E-state index in [1.807, 2.05) is 12.3 Å². The van der Waals surface area contributed by atoms with Gasteiger partial charge in [-0.1, -0.05) is 12.1 Å². The number of aryl methyl sites for hydroxylation is 1. The van der Waals surface area contributed by atoms with E-state index >= 15 is 0 Å². The molecule has 0 saturated heterocycles. The standard InChI is InChI=1S/C12H12N2O3S2/c1-8-6-18-7-9(8)12(15)14-10-4-2-3-5-11(10)19(13,16)17/h2-7H,1H3,(H,14,15)(H2,13,16,17). The first-order valence-electron chi connectivity index (χ1n) is 5.35. The number of hydrogen-bond acceptors (Lipinski definition) is 4. The molecular formula is C12H12N2O3S2. The number of carbonyl (C=O) groups is 1. The van der Waals surface area contributed by atoms with Crippen molar-refractivity contribution in [2.24, 2.45) is 5.14 Å². The Morgan fingerprint density at radius 2 is 1.95 bits per heavy atom. The molecule has 3 N–H and O–H groups in total. The maximum absolute atomic E-state index is 12.0. The van der Waals surface area contributed by atoms with Gasteiger partial charge in [0.05, 0.1) is 11.3 Å². The fraction of sp³-hybridized carbons (Fsp3) is 0.0833. The van der Waals surface area contributed by atoms with E-state index in [2.05, 4.69) is 5.32 Å². The minimum absolute atomic E-state index is 0.101. The van der Waals surface area contributed by atoms with E-state index in [0.29, 0.717) is 5.56 Å². The highest BCUT2D eigenvalue weighted by molar-refractivity contribution is 7.89. The summed E-state index contributed by atoms with van der Waals surface area (Å²) in [6, 6.07) is 6.03. The van der Waals surface area contributed by atoms with Crippen LogP contribution in [0, 0.1) is 6.92 Å². The van der Waals surface area contributed by atoms with Crippen LogP contribution in [0.25, 0.3) is 0 Å². The van der Waals surface area contributed by atoms with Crippen LogP contribution in [-0.4, -0.2) is 14.3 Å². The summed E-state index contributed by atoms with van der Waals surface area (Å²) in [6.07, 6.45) is 0. The fourth-order valence-corrected chi connectivity index (χ4v) is 3.12. The van der Waals surface area contributed by atoms with Gasteiger partial charge in [0.1, 0.15) is 4.90 Å². The van der Waals surface area contributed by atoms with Crippen molar-refractivity contribution in [2.75, 3.05) is 5.32 Å². The molecule has 0 unspecified atom stereocenters. The predicted molar refractivity (Wildman–Crippen MR) is 74.8 cm³/mol. The molecule has 0 aliphatic heterocycles. The summed E-state index contributed by atoms with van der Waals surface area (Å²) in [4.78, 5) is 11.9. The van der Waals surface area contributed by atoms with Crippen LogP contribution in [0.1, 0.15) is 15.9 Å². The van der Waals surface area contributed by atoms with E-state index in [1.54, 1.807) is 17.5 Å². The molecule has 0 saturated carbocycles. The molecule has 0 atom stereocenters. The van der Waals surface area contributed by atoms with Gasteiger partial charge >= 0.3 is 0 Å². The van der Waals surface area contributed by atoms with Crippen LogP contribution in [0.15, 0.2) is 39.9 Å². The van der Waals surface area contributed by atoms with Gasteiger partial charge in [0.25, 0.3) is 5.91 Å². The number of amides is 1. The monoisotopic (exact) mass is 296 g/mol. The molecule has 0 spiro atoms. The van der Waals surface area contributed by atoms with Gasteiger partial charge in [-0.15, -0.1) is 0 Å². The zero-order valence-corrected chi connectivity index (χ0v) is 11.7. The Labute approximate surface area is 115 Å². The van der Waals surface area contributed by atoms with Crippen molar-refractivity contribution in [3.8, 4) is 0 Å². The first-order chi connectivity index (χ1) is 8.89. The van der Waals surface area contributed by atoms with E-state index in [-0.39, 0.29) is 16.5 Å². The highest BCUT2D eigenvalue weighted by Gasteiger charge is 2.16. The van der Waals surface area contributed by atoms with E-state index in [1.165, 1.54) is 23.5 Å². The molecule has 2 aromatic rings. The largest absolute Gasteiger partial charge is 0.321 e. The first-order valence-corrected chi connectivity index (χ1v) is 7.84. The zero-order chi connectivity index (χ0) is 14.0. The average Bonchev–Trinajstić information content (AvgIpc) is 2.75. The molecule has 100 valence electrons. The van der Waals surface area contributed by atoms with Gasteiger partial charge in [-0.05, 0) is 30.0 Å². The van der Waals surface area contributed by atoms with Crippen LogP contribution in [-0.2, 0) is 10.0 Å². The maximum Gasteiger partial charge on any atom is 0.256 e. The molecule has 1 heterocycles. The lowest BCUT2D eigenvalue weighted by Crippen LogP contribution is -2.18. The summed E-state index contributed by atoms with van der Waals surface area (Å²) in [5, 5.41) is 11.2. The Hall–Kier alpha value is -1.70. The van der Waals surface area contributed by atoms with Gasteiger partial charge in [-0.25, -0.2) is 13.6 Å². The van der Waals surface area contributed by atoms with Gasteiger partial charge in [-0.2, -0.15) is 11.3 Å². The lowest BCUT2D eigenvalue weighted by molar-refractivity contribution is 0.102. The van der Waals surface area contributed by atoms with Gasteiger partial charge < -0.3 is 5.32 Å². The predicted octanol–water partition coefficient (Wildman–Crippen LogP) is 1.96. The summed E-state index contributed by atoms with van der Waals surface area (Å²) in [7, 11) is -3.87. The second-order valence-corrected chi connectivity index (χ2v) is 6.24. The van der Waals surface area contributed by atoms with E-state index in [0.717, 1.165) is 5.56 Å². The Morgan fingerprint density at radius 3 is 2.53 bits per heavy atom. The molecule has 0 aliphatic rings. The molecule has 1 aromatic heterocycles. The van der Waals surface area contributed by atoms with Crippen LogP contribution in [0.2, 0.25) is 0 Å². The average molecular weight is 296 g/mol. The highest BCUT2D eigenvalue weighted by atomic mass is 32.2. The summed E-state index contributed by atoms with van der Waals surface area (Å²) in [5.74, 6) is -0.352. The number of thiophene rings is 1. The van der Waals surface area contributed by atoms with Crippen molar-refractivity contribution in [3.05, 3.63) is 46.2 Å². The van der Waals surface area contributed by atoms with E-state index in [9.17, 15) is 13.2 Å². The number of anilines is 1. The van der Waals surface area contributed by atoms with Gasteiger partial charge in [-0.3, -0.25) is 4.79 Å². The Bertz CT molecular complexity index is 720.